The number of benzene rings is 2. The third-order valence-corrected chi connectivity index (χ3v) is 4.78. The molecule has 0 bridgehead atoms. The number of hydrogen-bond acceptors (Lipinski definition) is 3. The van der Waals surface area contributed by atoms with E-state index in [0.717, 1.165) is 5.56 Å². The van der Waals surface area contributed by atoms with E-state index in [0.29, 0.717) is 23.4 Å². The normalized spacial score (nSPS) is 17.2. The van der Waals surface area contributed by atoms with Gasteiger partial charge in [0.15, 0.2) is 0 Å². The van der Waals surface area contributed by atoms with Crippen molar-refractivity contribution in [2.75, 3.05) is 6.61 Å². The fraction of sp³-hybridized carbons (Fsp3) is 0.273. The maximum Gasteiger partial charge on any atom is 0.336 e. The van der Waals surface area contributed by atoms with Crippen LogP contribution in [0.5, 0.6) is 0 Å². The minimum atomic E-state index is -0.648. The molecule has 3 rings (SSSR count). The van der Waals surface area contributed by atoms with Crippen LogP contribution in [0.15, 0.2) is 65.9 Å². The second-order valence-corrected chi connectivity index (χ2v) is 6.46. The first-order valence-corrected chi connectivity index (χ1v) is 8.99. The van der Waals surface area contributed by atoms with Gasteiger partial charge < -0.3 is 9.64 Å². The zero-order chi connectivity index (χ0) is 19.4. The van der Waals surface area contributed by atoms with E-state index in [2.05, 4.69) is 0 Å². The molecule has 27 heavy (non-hydrogen) atoms. The van der Waals surface area contributed by atoms with Gasteiger partial charge in [-0.2, -0.15) is 0 Å². The Bertz CT molecular complexity index is 876. The predicted octanol–water partition coefficient (Wildman–Crippen LogP) is 4.18. The maximum absolute atomic E-state index is 14.4. The molecule has 1 amide bonds. The molecule has 1 atom stereocenters. The minimum Gasteiger partial charge on any atom is -0.463 e. The van der Waals surface area contributed by atoms with Crippen molar-refractivity contribution in [3.63, 3.8) is 0 Å². The molecule has 5 heteroatoms. The SMILES string of the molecule is CCOC(=O)C1=C(C)N(Cc2ccccc2)C(=O)CC1c1ccccc1F. The highest BCUT2D eigenvalue weighted by Gasteiger charge is 2.37. The molecule has 1 heterocycles. The summed E-state index contributed by atoms with van der Waals surface area (Å²) in [5.41, 5.74) is 2.16. The van der Waals surface area contributed by atoms with Crippen molar-refractivity contribution in [2.24, 2.45) is 0 Å². The zero-order valence-electron chi connectivity index (χ0n) is 15.4. The van der Waals surface area contributed by atoms with Crippen LogP contribution >= 0.6 is 0 Å². The molecule has 0 aromatic heterocycles. The molecule has 2 aromatic rings. The molecular formula is C22H22FNO3. The Labute approximate surface area is 158 Å². The highest BCUT2D eigenvalue weighted by molar-refractivity contribution is 5.95. The molecule has 0 N–H and O–H groups in total. The fourth-order valence-corrected chi connectivity index (χ4v) is 3.47. The molecule has 0 spiro atoms. The minimum absolute atomic E-state index is 0.0270. The van der Waals surface area contributed by atoms with Crippen molar-refractivity contribution >= 4 is 11.9 Å². The summed E-state index contributed by atoms with van der Waals surface area (Å²) >= 11 is 0. The van der Waals surface area contributed by atoms with Gasteiger partial charge in [-0.05, 0) is 31.0 Å². The number of allylic oxidation sites excluding steroid dienone is 1. The molecule has 0 saturated heterocycles. The Balaban J connectivity index is 2.05. The quantitative estimate of drug-likeness (QED) is 0.745. The fourth-order valence-electron chi connectivity index (χ4n) is 3.47. The van der Waals surface area contributed by atoms with Gasteiger partial charge in [0, 0.05) is 18.0 Å². The molecular weight excluding hydrogens is 345 g/mol. The molecule has 0 aliphatic carbocycles. The van der Waals surface area contributed by atoms with Crippen LogP contribution in [0.4, 0.5) is 4.39 Å². The zero-order valence-corrected chi connectivity index (χ0v) is 15.4. The smallest absolute Gasteiger partial charge is 0.336 e. The summed E-state index contributed by atoms with van der Waals surface area (Å²) in [6, 6.07) is 15.8. The topological polar surface area (TPSA) is 46.6 Å². The van der Waals surface area contributed by atoms with Crippen molar-refractivity contribution in [2.45, 2.75) is 32.7 Å². The van der Waals surface area contributed by atoms with E-state index in [-0.39, 0.29) is 18.9 Å². The Morgan fingerprint density at radius 3 is 2.48 bits per heavy atom. The van der Waals surface area contributed by atoms with Gasteiger partial charge >= 0.3 is 5.97 Å². The average Bonchev–Trinajstić information content (AvgIpc) is 2.66. The summed E-state index contributed by atoms with van der Waals surface area (Å²) in [4.78, 5) is 27.1. The molecule has 140 valence electrons. The molecule has 0 saturated carbocycles. The first kappa shape index (κ1) is 18.8. The second-order valence-electron chi connectivity index (χ2n) is 6.46. The number of carbonyl (C=O) groups excluding carboxylic acids is 2. The Morgan fingerprint density at radius 1 is 1.15 bits per heavy atom. The van der Waals surface area contributed by atoms with Gasteiger partial charge in [-0.3, -0.25) is 4.79 Å². The highest BCUT2D eigenvalue weighted by atomic mass is 19.1. The maximum atomic E-state index is 14.4. The van der Waals surface area contributed by atoms with E-state index in [4.69, 9.17) is 4.74 Å². The second kappa shape index (κ2) is 8.16. The Kier molecular flexibility index (Phi) is 5.69. The van der Waals surface area contributed by atoms with E-state index in [1.54, 1.807) is 36.9 Å². The van der Waals surface area contributed by atoms with Crippen LogP contribution in [-0.2, 0) is 20.9 Å². The monoisotopic (exact) mass is 367 g/mol. The summed E-state index contributed by atoms with van der Waals surface area (Å²) in [6.07, 6.45) is 0.0270. The number of carbonyl (C=O) groups is 2. The van der Waals surface area contributed by atoms with E-state index in [1.807, 2.05) is 30.3 Å². The first-order valence-electron chi connectivity index (χ1n) is 8.99. The van der Waals surface area contributed by atoms with Gasteiger partial charge in [-0.25, -0.2) is 9.18 Å². The molecule has 0 fully saturated rings. The van der Waals surface area contributed by atoms with Crippen LogP contribution in [0.25, 0.3) is 0 Å². The van der Waals surface area contributed by atoms with Gasteiger partial charge in [0.05, 0.1) is 18.7 Å². The highest BCUT2D eigenvalue weighted by Crippen LogP contribution is 2.38. The summed E-state index contributed by atoms with van der Waals surface area (Å²) in [5, 5.41) is 0. The van der Waals surface area contributed by atoms with Crippen LogP contribution < -0.4 is 0 Å². The van der Waals surface area contributed by atoms with Crippen LogP contribution in [0.2, 0.25) is 0 Å². The van der Waals surface area contributed by atoms with E-state index in [9.17, 15) is 14.0 Å². The summed E-state index contributed by atoms with van der Waals surface area (Å²) in [7, 11) is 0. The average molecular weight is 367 g/mol. The number of hydrogen-bond donors (Lipinski definition) is 0. The largest absolute Gasteiger partial charge is 0.463 e. The number of rotatable bonds is 5. The van der Waals surface area contributed by atoms with E-state index >= 15 is 0 Å². The lowest BCUT2D eigenvalue weighted by atomic mass is 9.83. The van der Waals surface area contributed by atoms with Crippen molar-refractivity contribution in [3.05, 3.63) is 82.8 Å². The number of esters is 1. The third kappa shape index (κ3) is 3.92. The Hall–Kier alpha value is -2.95. The van der Waals surface area contributed by atoms with Gasteiger partial charge in [-0.15, -0.1) is 0 Å². The van der Waals surface area contributed by atoms with Gasteiger partial charge in [0.2, 0.25) is 5.91 Å². The lowest BCUT2D eigenvalue weighted by Gasteiger charge is -2.34. The van der Waals surface area contributed by atoms with Crippen molar-refractivity contribution in [1.82, 2.24) is 4.90 Å². The van der Waals surface area contributed by atoms with Crippen LogP contribution in [0, 0.1) is 5.82 Å². The van der Waals surface area contributed by atoms with E-state index in [1.165, 1.54) is 6.07 Å². The molecule has 4 nitrogen and oxygen atoms in total. The molecule has 1 aliphatic rings. The Morgan fingerprint density at radius 2 is 1.81 bits per heavy atom. The number of amides is 1. The van der Waals surface area contributed by atoms with Gasteiger partial charge in [0.25, 0.3) is 0 Å². The van der Waals surface area contributed by atoms with E-state index < -0.39 is 17.7 Å². The van der Waals surface area contributed by atoms with Crippen molar-refractivity contribution in [1.29, 1.82) is 0 Å². The molecule has 1 unspecified atom stereocenters. The lowest BCUT2D eigenvalue weighted by Crippen LogP contribution is -2.38. The lowest BCUT2D eigenvalue weighted by molar-refractivity contribution is -0.140. The van der Waals surface area contributed by atoms with Gasteiger partial charge in [0.1, 0.15) is 5.82 Å². The summed E-state index contributed by atoms with van der Waals surface area (Å²) < 4.78 is 19.6. The molecule has 0 radical (unpaired) electrons. The summed E-state index contributed by atoms with van der Waals surface area (Å²) in [5.74, 6) is -1.72. The number of nitrogens with zero attached hydrogens (tertiary/aromatic N) is 1. The molecule has 2 aromatic carbocycles. The van der Waals surface area contributed by atoms with Crippen molar-refractivity contribution < 1.29 is 18.7 Å². The van der Waals surface area contributed by atoms with Crippen LogP contribution in [0.1, 0.15) is 37.3 Å². The van der Waals surface area contributed by atoms with Crippen LogP contribution in [0.3, 0.4) is 0 Å². The number of halogens is 1. The van der Waals surface area contributed by atoms with Crippen LogP contribution in [-0.4, -0.2) is 23.4 Å². The third-order valence-electron chi connectivity index (χ3n) is 4.78. The first-order chi connectivity index (χ1) is 13.0. The van der Waals surface area contributed by atoms with Crippen molar-refractivity contribution in [3.8, 4) is 0 Å². The van der Waals surface area contributed by atoms with Gasteiger partial charge in [-0.1, -0.05) is 48.5 Å². The standard InChI is InChI=1S/C22H22FNO3/c1-3-27-22(26)21-15(2)24(14-16-9-5-4-6-10-16)20(25)13-18(21)17-11-7-8-12-19(17)23/h4-12,18H,3,13-14H2,1-2H3. The number of ether oxygens (including phenoxy) is 1. The predicted molar refractivity (Wildman–Crippen MR) is 100 cm³/mol. The summed E-state index contributed by atoms with van der Waals surface area (Å²) in [6.45, 7) is 4.02. The molecule has 1 aliphatic heterocycles.